The Balaban J connectivity index is 2.03. The molecule has 0 aromatic carbocycles. The second-order valence-electron chi connectivity index (χ2n) is 5.86. The third-order valence-corrected chi connectivity index (χ3v) is 4.74. The van der Waals surface area contributed by atoms with Gasteiger partial charge in [0.15, 0.2) is 0 Å². The first-order chi connectivity index (χ1) is 8.77. The smallest absolute Gasteiger partial charge is 0.134 e. The molecule has 0 amide bonds. The molecule has 2 heteroatoms. The van der Waals surface area contributed by atoms with E-state index in [0.29, 0.717) is 5.92 Å². The molecule has 1 fully saturated rings. The minimum absolute atomic E-state index is 0.0205. The average molecular weight is 275 g/mol. The van der Waals surface area contributed by atoms with Crippen LogP contribution in [0.2, 0.25) is 0 Å². The summed E-state index contributed by atoms with van der Waals surface area (Å²) in [6, 6.07) is 0. The van der Waals surface area contributed by atoms with Crippen LogP contribution in [0.15, 0.2) is 0 Å². The number of unbranched alkanes of at least 4 members (excludes halogenated alkanes) is 6. The maximum Gasteiger partial charge on any atom is 0.134 e. The fourth-order valence-corrected chi connectivity index (χ4v) is 3.17. The summed E-state index contributed by atoms with van der Waals surface area (Å²) >= 11 is 6.26. The van der Waals surface area contributed by atoms with Crippen LogP contribution in [0.3, 0.4) is 0 Å². The molecule has 1 heterocycles. The molecule has 18 heavy (non-hydrogen) atoms. The minimum Gasteiger partial charge on any atom is -0.362 e. The molecular formula is C16H31ClO. The van der Waals surface area contributed by atoms with E-state index in [1.54, 1.807) is 0 Å². The van der Waals surface area contributed by atoms with Crippen molar-refractivity contribution < 1.29 is 4.74 Å². The number of hydrogen-bond donors (Lipinski definition) is 0. The zero-order valence-corrected chi connectivity index (χ0v) is 13.1. The molecule has 0 bridgehead atoms. The Kier molecular flexibility index (Phi) is 9.14. The van der Waals surface area contributed by atoms with Crippen molar-refractivity contribution in [2.24, 2.45) is 11.8 Å². The van der Waals surface area contributed by atoms with Crippen LogP contribution >= 0.6 is 11.6 Å². The third-order valence-electron chi connectivity index (χ3n) is 4.25. The summed E-state index contributed by atoms with van der Waals surface area (Å²) in [7, 11) is 0. The zero-order valence-electron chi connectivity index (χ0n) is 12.3. The van der Waals surface area contributed by atoms with Crippen LogP contribution in [-0.4, -0.2) is 12.2 Å². The average Bonchev–Trinajstić information content (AvgIpc) is 2.39. The molecule has 1 nitrogen and oxygen atoms in total. The van der Waals surface area contributed by atoms with Crippen LogP contribution in [-0.2, 0) is 4.74 Å². The van der Waals surface area contributed by atoms with E-state index in [1.807, 2.05) is 0 Å². The number of hydrogen-bond acceptors (Lipinski definition) is 1. The Labute approximate surface area is 119 Å². The van der Waals surface area contributed by atoms with Gasteiger partial charge in [0.2, 0.25) is 0 Å². The molecule has 1 aliphatic rings. The van der Waals surface area contributed by atoms with E-state index in [1.165, 1.54) is 64.2 Å². The quantitative estimate of drug-likeness (QED) is 0.384. The standard InChI is InChI=1S/C16H31ClO/c1-3-5-6-7-8-9-10-11-15-12-14(4-2)13-18-16(15)17/h14-16H,3-13H2,1-2H3. The second-order valence-corrected chi connectivity index (χ2v) is 6.29. The van der Waals surface area contributed by atoms with E-state index in [-0.39, 0.29) is 5.56 Å². The predicted molar refractivity (Wildman–Crippen MR) is 80.1 cm³/mol. The Morgan fingerprint density at radius 2 is 1.67 bits per heavy atom. The molecule has 108 valence electrons. The van der Waals surface area contributed by atoms with Gasteiger partial charge in [-0.15, -0.1) is 0 Å². The molecule has 0 aromatic rings. The Morgan fingerprint density at radius 1 is 1.00 bits per heavy atom. The van der Waals surface area contributed by atoms with Crippen LogP contribution in [0.25, 0.3) is 0 Å². The van der Waals surface area contributed by atoms with Crippen molar-refractivity contribution in [3.63, 3.8) is 0 Å². The van der Waals surface area contributed by atoms with Gasteiger partial charge < -0.3 is 4.74 Å². The Hall–Kier alpha value is 0.250. The molecule has 1 aliphatic heterocycles. The Bertz CT molecular complexity index is 196. The van der Waals surface area contributed by atoms with Crippen LogP contribution in [0.5, 0.6) is 0 Å². The van der Waals surface area contributed by atoms with Crippen LogP contribution in [0, 0.1) is 11.8 Å². The SMILES string of the molecule is CCCCCCCCCC1CC(CC)COC1Cl. The van der Waals surface area contributed by atoms with E-state index >= 15 is 0 Å². The lowest BCUT2D eigenvalue weighted by atomic mass is 9.87. The van der Waals surface area contributed by atoms with Crippen molar-refractivity contribution in [2.75, 3.05) is 6.61 Å². The van der Waals surface area contributed by atoms with Crippen LogP contribution < -0.4 is 0 Å². The summed E-state index contributed by atoms with van der Waals surface area (Å²) in [5.74, 6) is 1.34. The highest BCUT2D eigenvalue weighted by Crippen LogP contribution is 2.32. The molecule has 1 rings (SSSR count). The number of rotatable bonds is 9. The summed E-state index contributed by atoms with van der Waals surface area (Å²) in [5.41, 5.74) is -0.0205. The summed E-state index contributed by atoms with van der Waals surface area (Å²) in [5, 5.41) is 0. The van der Waals surface area contributed by atoms with Gasteiger partial charge in [-0.1, -0.05) is 76.8 Å². The van der Waals surface area contributed by atoms with Crippen molar-refractivity contribution >= 4 is 11.6 Å². The number of ether oxygens (including phenoxy) is 1. The lowest BCUT2D eigenvalue weighted by Gasteiger charge is -2.32. The van der Waals surface area contributed by atoms with Gasteiger partial charge in [0.05, 0.1) is 6.61 Å². The van der Waals surface area contributed by atoms with Crippen molar-refractivity contribution in [1.29, 1.82) is 0 Å². The van der Waals surface area contributed by atoms with Gasteiger partial charge in [-0.25, -0.2) is 0 Å². The van der Waals surface area contributed by atoms with Crippen molar-refractivity contribution in [3.05, 3.63) is 0 Å². The topological polar surface area (TPSA) is 9.23 Å². The first kappa shape index (κ1) is 16.3. The first-order valence-electron chi connectivity index (χ1n) is 8.03. The largest absolute Gasteiger partial charge is 0.362 e. The summed E-state index contributed by atoms with van der Waals surface area (Å²) in [6.45, 7) is 5.40. The van der Waals surface area contributed by atoms with Crippen molar-refractivity contribution in [3.8, 4) is 0 Å². The summed E-state index contributed by atoms with van der Waals surface area (Å²) < 4.78 is 5.67. The van der Waals surface area contributed by atoms with E-state index < -0.39 is 0 Å². The molecule has 0 aliphatic carbocycles. The predicted octanol–water partition coefficient (Wildman–Crippen LogP) is 5.75. The molecule has 0 aromatic heterocycles. The molecule has 3 atom stereocenters. The number of halogens is 1. The summed E-state index contributed by atoms with van der Waals surface area (Å²) in [4.78, 5) is 0. The molecular weight excluding hydrogens is 244 g/mol. The summed E-state index contributed by atoms with van der Waals surface area (Å²) in [6.07, 6.45) is 13.5. The van der Waals surface area contributed by atoms with E-state index in [9.17, 15) is 0 Å². The highest BCUT2D eigenvalue weighted by Gasteiger charge is 2.28. The van der Waals surface area contributed by atoms with Gasteiger partial charge in [-0.3, -0.25) is 0 Å². The van der Waals surface area contributed by atoms with E-state index in [0.717, 1.165) is 12.5 Å². The molecule has 0 N–H and O–H groups in total. The van der Waals surface area contributed by atoms with E-state index in [2.05, 4.69) is 13.8 Å². The van der Waals surface area contributed by atoms with Gasteiger partial charge in [-0.2, -0.15) is 0 Å². The molecule has 0 saturated carbocycles. The zero-order chi connectivity index (χ0) is 13.2. The van der Waals surface area contributed by atoms with Crippen LogP contribution in [0.4, 0.5) is 0 Å². The third kappa shape index (κ3) is 6.43. The van der Waals surface area contributed by atoms with Gasteiger partial charge in [0.25, 0.3) is 0 Å². The fourth-order valence-electron chi connectivity index (χ4n) is 2.86. The highest BCUT2D eigenvalue weighted by atomic mass is 35.5. The van der Waals surface area contributed by atoms with Crippen molar-refractivity contribution in [1.82, 2.24) is 0 Å². The molecule has 1 saturated heterocycles. The normalized spacial score (nSPS) is 28.5. The minimum atomic E-state index is -0.0205. The number of alkyl halides is 1. The van der Waals surface area contributed by atoms with Crippen LogP contribution in [0.1, 0.15) is 78.1 Å². The van der Waals surface area contributed by atoms with E-state index in [4.69, 9.17) is 16.3 Å². The Morgan fingerprint density at radius 3 is 2.33 bits per heavy atom. The van der Waals surface area contributed by atoms with Gasteiger partial charge in [0, 0.05) is 0 Å². The monoisotopic (exact) mass is 274 g/mol. The highest BCUT2D eigenvalue weighted by molar-refractivity contribution is 6.19. The molecule has 0 radical (unpaired) electrons. The maximum absolute atomic E-state index is 6.26. The second kappa shape index (κ2) is 10.1. The lowest BCUT2D eigenvalue weighted by molar-refractivity contribution is -0.0153. The van der Waals surface area contributed by atoms with Gasteiger partial charge in [-0.05, 0) is 24.7 Å². The molecule has 0 spiro atoms. The van der Waals surface area contributed by atoms with Gasteiger partial charge >= 0.3 is 0 Å². The fraction of sp³-hybridized carbons (Fsp3) is 1.00. The van der Waals surface area contributed by atoms with Crippen molar-refractivity contribution in [2.45, 2.75) is 83.6 Å². The maximum atomic E-state index is 6.26. The lowest BCUT2D eigenvalue weighted by Crippen LogP contribution is -2.30. The first-order valence-corrected chi connectivity index (χ1v) is 8.47. The molecule has 3 unspecified atom stereocenters. The van der Waals surface area contributed by atoms with Gasteiger partial charge in [0.1, 0.15) is 5.56 Å².